The van der Waals surface area contributed by atoms with Crippen molar-refractivity contribution < 1.29 is 57.7 Å². The monoisotopic (exact) mass is 408 g/mol. The molecular formula is C17H23Cl3SiTi. The van der Waals surface area contributed by atoms with E-state index in [-0.39, 0.29) is 40.6 Å². The Bertz CT molecular complexity index is 547. The third kappa shape index (κ3) is 4.32. The van der Waals surface area contributed by atoms with Gasteiger partial charge in [0.05, 0.1) is 0 Å². The molecule has 1 unspecified atom stereocenters. The van der Waals surface area contributed by atoms with Crippen molar-refractivity contribution in [3.05, 3.63) is 53.1 Å². The van der Waals surface area contributed by atoms with Crippen LogP contribution in [0.4, 0.5) is 0 Å². The maximum atomic E-state index is 2.51. The predicted molar refractivity (Wildman–Crippen MR) is 83.2 cm³/mol. The van der Waals surface area contributed by atoms with Crippen LogP contribution in [0, 0.1) is 13.8 Å². The molecule has 1 aromatic carbocycles. The minimum Gasteiger partial charge on any atom is -1.00 e. The zero-order valence-electron chi connectivity index (χ0n) is 13.8. The van der Waals surface area contributed by atoms with Gasteiger partial charge in [0, 0.05) is 0 Å². The molecule has 1 aromatic rings. The Morgan fingerprint density at radius 2 is 1.50 bits per heavy atom. The molecule has 0 aromatic heterocycles. The molecular weight excluding hydrogens is 386 g/mol. The van der Waals surface area contributed by atoms with Gasteiger partial charge in [0.25, 0.3) is 0 Å². The number of hydrogen-bond acceptors (Lipinski definition) is 0. The maximum Gasteiger partial charge on any atom is -1.00 e. The van der Waals surface area contributed by atoms with Crippen molar-refractivity contribution >= 4 is 13.3 Å². The van der Waals surface area contributed by atoms with Crippen molar-refractivity contribution in [3.8, 4) is 0 Å². The standard InChI is InChI=1S/C17H23Si.3ClH.Ti/c1-6-15-8-7-9-17(15)18(4,5)16-11-13(2)10-14(3)12-16;;;;/h7-12H,6H2,1-5H3;3*1H;/q;;;;+3/p-3. The molecule has 0 heterocycles. The molecule has 0 saturated carbocycles. The Hall–Kier alpha value is 0.501. The van der Waals surface area contributed by atoms with Gasteiger partial charge in [-0.2, -0.15) is 0 Å². The summed E-state index contributed by atoms with van der Waals surface area (Å²) in [7, 11) is -1.57. The molecule has 120 valence electrons. The maximum absolute atomic E-state index is 2.51. The van der Waals surface area contributed by atoms with Crippen LogP contribution in [0.15, 0.2) is 42.0 Å². The van der Waals surface area contributed by atoms with Gasteiger partial charge in [0.1, 0.15) is 0 Å². The van der Waals surface area contributed by atoms with Crippen molar-refractivity contribution in [2.45, 2.75) is 43.6 Å². The topological polar surface area (TPSA) is 0 Å². The van der Waals surface area contributed by atoms with Crippen LogP contribution in [0.5, 0.6) is 0 Å². The van der Waals surface area contributed by atoms with Crippen LogP contribution in [0.1, 0.15) is 24.5 Å². The van der Waals surface area contributed by atoms with Crippen LogP contribution in [0.3, 0.4) is 0 Å². The average Bonchev–Trinajstić information content (AvgIpc) is 2.71. The molecule has 22 heavy (non-hydrogen) atoms. The van der Waals surface area contributed by atoms with E-state index in [2.05, 4.69) is 90.7 Å². The number of allylic oxidation sites excluding steroid dienone is 4. The smallest absolute Gasteiger partial charge is 1.00 e. The summed E-state index contributed by atoms with van der Waals surface area (Å²) in [6.07, 6.45) is 8.19. The second-order valence-corrected chi connectivity index (χ2v) is 12.8. The Morgan fingerprint density at radius 1 is 1.00 bits per heavy atom. The fraction of sp³-hybridized carbons (Fsp3) is 0.412. The molecule has 2 rings (SSSR count). The van der Waals surface area contributed by atoms with Gasteiger partial charge in [-0.1, -0.05) is 0 Å². The Kier molecular flexibility index (Phi) is 10.2. The minimum atomic E-state index is -1.57. The first-order valence-electron chi connectivity index (χ1n) is 7.04. The number of hydrogen-bond donors (Lipinski definition) is 0. The molecule has 0 bridgehead atoms. The van der Waals surface area contributed by atoms with Crippen LogP contribution in [0.2, 0.25) is 16.4 Å². The average molecular weight is 410 g/mol. The van der Waals surface area contributed by atoms with Crippen LogP contribution >= 0.6 is 0 Å². The molecule has 0 N–H and O–H groups in total. The van der Waals surface area contributed by atoms with Gasteiger partial charge < -0.3 is 37.2 Å². The molecule has 0 spiro atoms. The van der Waals surface area contributed by atoms with Gasteiger partial charge in [-0.15, -0.1) is 0 Å². The van der Waals surface area contributed by atoms with Crippen molar-refractivity contribution in [2.24, 2.45) is 0 Å². The largest absolute Gasteiger partial charge is 1.00 e. The van der Waals surface area contributed by atoms with E-state index in [1.807, 2.05) is 0 Å². The van der Waals surface area contributed by atoms with Crippen LogP contribution in [-0.2, 0) is 20.4 Å². The molecule has 0 nitrogen and oxygen atoms in total. The zero-order valence-corrected chi connectivity index (χ0v) is 18.6. The third-order valence-corrected chi connectivity index (χ3v) is 12.3. The first-order chi connectivity index (χ1) is 8.81. The molecule has 1 atom stereocenters. The van der Waals surface area contributed by atoms with E-state index in [1.54, 1.807) is 10.8 Å². The third-order valence-electron chi connectivity index (χ3n) is 4.46. The Balaban J connectivity index is 0. The van der Waals surface area contributed by atoms with E-state index in [0.29, 0.717) is 0 Å². The van der Waals surface area contributed by atoms with E-state index in [0.717, 1.165) is 6.42 Å². The number of halogens is 3. The SMILES string of the molecule is CCC1=CC=C[C]1([Ti+3])[Si](C)(C)c1cc(C)cc(C)c1.[Cl-].[Cl-].[Cl-]. The Labute approximate surface area is 166 Å². The zero-order chi connectivity index (χ0) is 14.3. The molecule has 0 aliphatic heterocycles. The van der Waals surface area contributed by atoms with Gasteiger partial charge in [0.15, 0.2) is 0 Å². The summed E-state index contributed by atoms with van der Waals surface area (Å²) in [6.45, 7) is 11.7. The summed E-state index contributed by atoms with van der Waals surface area (Å²) in [5.74, 6) is 0. The molecule has 0 fully saturated rings. The summed E-state index contributed by atoms with van der Waals surface area (Å²) >= 11 is 2.44. The first-order valence-corrected chi connectivity index (χ1v) is 10.8. The van der Waals surface area contributed by atoms with Gasteiger partial charge in [-0.05, 0) is 0 Å². The van der Waals surface area contributed by atoms with E-state index < -0.39 is 8.07 Å². The summed E-state index contributed by atoms with van der Waals surface area (Å²) < 4.78 is 0.266. The fourth-order valence-electron chi connectivity index (χ4n) is 3.12. The van der Waals surface area contributed by atoms with Gasteiger partial charge in [-0.25, -0.2) is 0 Å². The second kappa shape index (κ2) is 9.11. The van der Waals surface area contributed by atoms with E-state index >= 15 is 0 Å². The molecule has 0 saturated heterocycles. The van der Waals surface area contributed by atoms with Crippen LogP contribution < -0.4 is 42.4 Å². The van der Waals surface area contributed by atoms with Crippen LogP contribution in [0.25, 0.3) is 0 Å². The summed E-state index contributed by atoms with van der Waals surface area (Å²) in [6, 6.07) is 7.09. The van der Waals surface area contributed by atoms with Gasteiger partial charge in [0.2, 0.25) is 0 Å². The van der Waals surface area contributed by atoms with Gasteiger partial charge in [-0.3, -0.25) is 0 Å². The minimum absolute atomic E-state index is 0. The van der Waals surface area contributed by atoms with E-state index in [4.69, 9.17) is 0 Å². The normalized spacial score (nSPS) is 19.7. The fourth-order valence-corrected chi connectivity index (χ4v) is 7.56. The van der Waals surface area contributed by atoms with Crippen molar-refractivity contribution in [1.29, 1.82) is 0 Å². The second-order valence-electron chi connectivity index (χ2n) is 6.21. The molecule has 1 aliphatic carbocycles. The molecule has 0 radical (unpaired) electrons. The van der Waals surface area contributed by atoms with E-state index in [1.165, 1.54) is 11.1 Å². The van der Waals surface area contributed by atoms with Crippen molar-refractivity contribution in [3.63, 3.8) is 0 Å². The number of benzene rings is 1. The van der Waals surface area contributed by atoms with Crippen molar-refractivity contribution in [2.75, 3.05) is 0 Å². The molecule has 0 amide bonds. The number of aryl methyl sites for hydroxylation is 2. The molecule has 1 aliphatic rings. The molecule has 5 heteroatoms. The number of rotatable bonds is 3. The van der Waals surface area contributed by atoms with E-state index in [9.17, 15) is 0 Å². The summed E-state index contributed by atoms with van der Waals surface area (Å²) in [4.78, 5) is 0. The Morgan fingerprint density at radius 3 is 1.95 bits per heavy atom. The predicted octanol–water partition coefficient (Wildman–Crippen LogP) is -4.62. The quantitative estimate of drug-likeness (QED) is 0.441. The van der Waals surface area contributed by atoms with Crippen molar-refractivity contribution in [1.82, 2.24) is 0 Å². The van der Waals surface area contributed by atoms with Gasteiger partial charge >= 0.3 is 130 Å². The first kappa shape index (κ1) is 24.7. The van der Waals surface area contributed by atoms with Crippen LogP contribution in [-0.4, -0.2) is 8.07 Å². The summed E-state index contributed by atoms with van der Waals surface area (Å²) in [5, 5.41) is 1.58. The summed E-state index contributed by atoms with van der Waals surface area (Å²) in [5.41, 5.74) is 4.38.